The molecule has 0 unspecified atom stereocenters. The van der Waals surface area contributed by atoms with Gasteiger partial charge in [-0.15, -0.1) is 0 Å². The minimum absolute atomic E-state index is 0.0107. The molecule has 1 aromatic rings. The molecule has 0 saturated carbocycles. The van der Waals surface area contributed by atoms with E-state index in [4.69, 9.17) is 5.11 Å². The van der Waals surface area contributed by atoms with Crippen molar-refractivity contribution in [2.75, 3.05) is 6.61 Å². The Bertz CT molecular complexity index is 394. The molecule has 0 aliphatic heterocycles. The van der Waals surface area contributed by atoms with E-state index in [2.05, 4.69) is 39.8 Å². The number of hydrogen-bond donors (Lipinski definition) is 2. The number of aliphatic hydroxyl groups excluding tert-OH is 1. The molecule has 18 heavy (non-hydrogen) atoms. The van der Waals surface area contributed by atoms with Gasteiger partial charge in [0.05, 0.1) is 0 Å². The second kappa shape index (κ2) is 6.24. The number of hydrogen-bond acceptors (Lipinski definition) is 2. The predicted octanol–water partition coefficient (Wildman–Crippen LogP) is 3.57. The van der Waals surface area contributed by atoms with Crippen LogP contribution in [0.15, 0.2) is 12.1 Å². The normalized spacial score (nSPS) is 11.8. The summed E-state index contributed by atoms with van der Waals surface area (Å²) < 4.78 is 0. The highest BCUT2D eigenvalue weighted by molar-refractivity contribution is 5.47. The van der Waals surface area contributed by atoms with Crippen molar-refractivity contribution in [1.29, 1.82) is 0 Å². The molecule has 0 amide bonds. The van der Waals surface area contributed by atoms with Crippen molar-refractivity contribution in [3.8, 4) is 5.75 Å². The Morgan fingerprint density at radius 2 is 1.83 bits per heavy atom. The number of aryl methyl sites for hydroxylation is 2. The van der Waals surface area contributed by atoms with Gasteiger partial charge in [-0.1, -0.05) is 39.8 Å². The molecule has 102 valence electrons. The molecule has 2 nitrogen and oxygen atoms in total. The van der Waals surface area contributed by atoms with Gasteiger partial charge in [0.1, 0.15) is 5.75 Å². The maximum atomic E-state index is 10.4. The van der Waals surface area contributed by atoms with E-state index in [1.807, 2.05) is 0 Å². The van der Waals surface area contributed by atoms with Gasteiger partial charge in [-0.3, -0.25) is 0 Å². The smallest absolute Gasteiger partial charge is 0.122 e. The van der Waals surface area contributed by atoms with E-state index < -0.39 is 0 Å². The van der Waals surface area contributed by atoms with Crippen LogP contribution in [0.4, 0.5) is 0 Å². The molecule has 1 rings (SSSR count). The Balaban J connectivity index is 3.22. The largest absolute Gasteiger partial charge is 0.507 e. The van der Waals surface area contributed by atoms with Gasteiger partial charge in [0.25, 0.3) is 0 Å². The summed E-state index contributed by atoms with van der Waals surface area (Å²) in [5.74, 6) is 0.456. The van der Waals surface area contributed by atoms with Gasteiger partial charge in [-0.25, -0.2) is 0 Å². The molecule has 0 aromatic heterocycles. The monoisotopic (exact) mass is 250 g/mol. The summed E-state index contributed by atoms with van der Waals surface area (Å²) in [4.78, 5) is 0. The third-order valence-electron chi connectivity index (χ3n) is 3.87. The number of aliphatic hydroxyl groups is 1. The van der Waals surface area contributed by atoms with Crippen molar-refractivity contribution in [3.63, 3.8) is 0 Å². The topological polar surface area (TPSA) is 40.5 Å². The summed E-state index contributed by atoms with van der Waals surface area (Å²) in [6.45, 7) is 8.75. The Hall–Kier alpha value is -1.02. The molecular weight excluding hydrogens is 224 g/mol. The average molecular weight is 250 g/mol. The van der Waals surface area contributed by atoms with Crippen molar-refractivity contribution >= 4 is 0 Å². The van der Waals surface area contributed by atoms with E-state index in [-0.39, 0.29) is 12.0 Å². The van der Waals surface area contributed by atoms with E-state index in [9.17, 15) is 5.11 Å². The highest BCUT2D eigenvalue weighted by Gasteiger charge is 2.23. The van der Waals surface area contributed by atoms with Crippen molar-refractivity contribution in [2.45, 2.75) is 58.8 Å². The summed E-state index contributed by atoms with van der Waals surface area (Å²) in [5, 5.41) is 19.3. The minimum Gasteiger partial charge on any atom is -0.507 e. The van der Waals surface area contributed by atoms with Crippen molar-refractivity contribution in [3.05, 3.63) is 28.8 Å². The van der Waals surface area contributed by atoms with Crippen LogP contribution in [0.3, 0.4) is 0 Å². The van der Waals surface area contributed by atoms with Crippen molar-refractivity contribution in [2.24, 2.45) is 0 Å². The van der Waals surface area contributed by atoms with Gasteiger partial charge in [0, 0.05) is 12.2 Å². The zero-order valence-corrected chi connectivity index (χ0v) is 12.1. The van der Waals surface area contributed by atoms with Gasteiger partial charge in [-0.2, -0.15) is 0 Å². The van der Waals surface area contributed by atoms with Crippen LogP contribution in [-0.2, 0) is 18.3 Å². The fourth-order valence-corrected chi connectivity index (χ4v) is 2.16. The summed E-state index contributed by atoms with van der Waals surface area (Å²) in [5.41, 5.74) is 3.26. The Labute approximate surface area is 111 Å². The lowest BCUT2D eigenvalue weighted by molar-refractivity contribution is 0.288. The molecule has 0 heterocycles. The van der Waals surface area contributed by atoms with E-state index in [0.29, 0.717) is 5.75 Å². The van der Waals surface area contributed by atoms with E-state index >= 15 is 0 Å². The zero-order valence-electron chi connectivity index (χ0n) is 12.1. The SMILES string of the molecule is CCc1cc(CCCO)cc(C(C)(C)CC)c1O. The molecule has 0 radical (unpaired) electrons. The molecule has 0 spiro atoms. The van der Waals surface area contributed by atoms with Crippen LogP contribution < -0.4 is 0 Å². The summed E-state index contributed by atoms with van der Waals surface area (Å²) in [7, 11) is 0. The standard InChI is InChI=1S/C16H26O2/c1-5-13-10-12(8-7-9-17)11-14(15(13)18)16(3,4)6-2/h10-11,17-18H,5-9H2,1-4H3. The lowest BCUT2D eigenvalue weighted by Crippen LogP contribution is -2.16. The van der Waals surface area contributed by atoms with Crippen molar-refractivity contribution < 1.29 is 10.2 Å². The lowest BCUT2D eigenvalue weighted by Gasteiger charge is -2.26. The predicted molar refractivity (Wildman–Crippen MR) is 76.2 cm³/mol. The lowest BCUT2D eigenvalue weighted by atomic mass is 9.79. The summed E-state index contributed by atoms with van der Waals surface area (Å²) >= 11 is 0. The Kier molecular flexibility index (Phi) is 5.21. The van der Waals surface area contributed by atoms with Crippen molar-refractivity contribution in [1.82, 2.24) is 0 Å². The Morgan fingerprint density at radius 1 is 1.17 bits per heavy atom. The maximum Gasteiger partial charge on any atom is 0.122 e. The highest BCUT2D eigenvalue weighted by atomic mass is 16.3. The van der Waals surface area contributed by atoms with E-state index in [1.54, 1.807) is 0 Å². The van der Waals surface area contributed by atoms with Gasteiger partial charge in [0.15, 0.2) is 0 Å². The third-order valence-corrected chi connectivity index (χ3v) is 3.87. The second-order valence-electron chi connectivity index (χ2n) is 5.57. The van der Waals surface area contributed by atoms with Gasteiger partial charge < -0.3 is 10.2 Å². The van der Waals surface area contributed by atoms with Gasteiger partial charge in [-0.05, 0) is 42.2 Å². The van der Waals surface area contributed by atoms with Crippen LogP contribution in [0.2, 0.25) is 0 Å². The Morgan fingerprint density at radius 3 is 2.33 bits per heavy atom. The average Bonchev–Trinajstić information content (AvgIpc) is 2.37. The zero-order chi connectivity index (χ0) is 13.8. The molecule has 0 aliphatic carbocycles. The third kappa shape index (κ3) is 3.26. The first-order chi connectivity index (χ1) is 8.46. The quantitative estimate of drug-likeness (QED) is 0.810. The molecule has 2 heteroatoms. The minimum atomic E-state index is -0.0107. The van der Waals surface area contributed by atoms with Crippen LogP contribution in [0.1, 0.15) is 57.2 Å². The number of benzene rings is 1. The summed E-state index contributed by atoms with van der Waals surface area (Å²) in [6, 6.07) is 4.17. The number of aromatic hydroxyl groups is 1. The molecule has 0 atom stereocenters. The maximum absolute atomic E-state index is 10.4. The van der Waals surface area contributed by atoms with E-state index in [1.165, 1.54) is 5.56 Å². The molecular formula is C16H26O2. The number of phenols is 1. The molecule has 0 aliphatic rings. The van der Waals surface area contributed by atoms with Gasteiger partial charge in [0.2, 0.25) is 0 Å². The van der Waals surface area contributed by atoms with Crippen LogP contribution >= 0.6 is 0 Å². The molecule has 0 bridgehead atoms. The molecule has 2 N–H and O–H groups in total. The molecule has 1 aromatic carbocycles. The molecule has 0 saturated heterocycles. The summed E-state index contributed by atoms with van der Waals surface area (Å²) in [6.07, 6.45) is 3.48. The molecule has 0 fully saturated rings. The second-order valence-corrected chi connectivity index (χ2v) is 5.57. The number of rotatable bonds is 6. The first-order valence-electron chi connectivity index (χ1n) is 6.92. The van der Waals surface area contributed by atoms with E-state index in [0.717, 1.165) is 36.8 Å². The first-order valence-corrected chi connectivity index (χ1v) is 6.92. The number of phenolic OH excluding ortho intramolecular Hbond substituents is 1. The van der Waals surface area contributed by atoms with Gasteiger partial charge >= 0.3 is 0 Å². The van der Waals surface area contributed by atoms with Crippen LogP contribution in [0.5, 0.6) is 5.75 Å². The fourth-order valence-electron chi connectivity index (χ4n) is 2.16. The highest BCUT2D eigenvalue weighted by Crippen LogP contribution is 2.37. The van der Waals surface area contributed by atoms with Crippen LogP contribution in [-0.4, -0.2) is 16.8 Å². The van der Waals surface area contributed by atoms with Crippen LogP contribution in [0.25, 0.3) is 0 Å². The first kappa shape index (κ1) is 15.0. The fraction of sp³-hybridized carbons (Fsp3) is 0.625. The van der Waals surface area contributed by atoms with Crippen LogP contribution in [0, 0.1) is 0 Å².